The van der Waals surface area contributed by atoms with E-state index in [0.717, 1.165) is 6.08 Å². The molecule has 0 fully saturated rings. The van der Waals surface area contributed by atoms with Gasteiger partial charge in [-0.15, -0.1) is 0 Å². The first-order chi connectivity index (χ1) is 6.40. The molecule has 0 saturated heterocycles. The van der Waals surface area contributed by atoms with E-state index in [1.807, 2.05) is 0 Å². The molecule has 0 amide bonds. The minimum Gasteiger partial charge on any atom is -0.396 e. The van der Waals surface area contributed by atoms with Gasteiger partial charge in [0.05, 0.1) is 5.75 Å². The average Bonchev–Trinajstić information content (AvgIpc) is 2.09. The Morgan fingerprint density at radius 3 is 2.36 bits per heavy atom. The van der Waals surface area contributed by atoms with Crippen molar-refractivity contribution in [1.29, 1.82) is 0 Å². The molecule has 2 N–H and O–H groups in total. The van der Waals surface area contributed by atoms with E-state index in [1.165, 1.54) is 0 Å². The molecule has 0 radical (unpaired) electrons. The number of aliphatic hydroxyl groups is 1. The number of rotatable bonds is 7. The van der Waals surface area contributed by atoms with Gasteiger partial charge in [0.25, 0.3) is 10.1 Å². The Kier molecular flexibility index (Phi) is 5.59. The Hall–Kier alpha value is -0.720. The van der Waals surface area contributed by atoms with Crippen LogP contribution in [0.4, 0.5) is 0 Å². The summed E-state index contributed by atoms with van der Waals surface area (Å²) < 4.78 is 29.3. The molecular weight excluding hydrogens is 208 g/mol. The van der Waals surface area contributed by atoms with Gasteiger partial charge in [-0.1, -0.05) is 6.58 Å². The number of hydrogen-bond donors (Lipinski definition) is 2. The van der Waals surface area contributed by atoms with E-state index in [4.69, 9.17) is 9.66 Å². The molecule has 82 valence electrons. The van der Waals surface area contributed by atoms with Gasteiger partial charge in [0, 0.05) is 12.5 Å². The molecule has 0 aliphatic heterocycles. The Morgan fingerprint density at radius 2 is 2.00 bits per heavy atom. The first kappa shape index (κ1) is 13.3. The summed E-state index contributed by atoms with van der Waals surface area (Å²) in [5.74, 6) is -1.38. The zero-order valence-corrected chi connectivity index (χ0v) is 8.53. The first-order valence-corrected chi connectivity index (χ1v) is 5.74. The lowest BCUT2D eigenvalue weighted by Crippen LogP contribution is -2.18. The van der Waals surface area contributed by atoms with Crippen LogP contribution in [-0.2, 0) is 14.9 Å². The van der Waals surface area contributed by atoms with Gasteiger partial charge in [-0.2, -0.15) is 8.42 Å². The van der Waals surface area contributed by atoms with Crippen molar-refractivity contribution in [1.82, 2.24) is 0 Å². The van der Waals surface area contributed by atoms with Gasteiger partial charge in [0.2, 0.25) is 0 Å². The second-order valence-electron chi connectivity index (χ2n) is 2.89. The molecule has 0 aromatic rings. The van der Waals surface area contributed by atoms with Crippen LogP contribution in [0.2, 0.25) is 0 Å². The lowest BCUT2D eigenvalue weighted by Gasteiger charge is -2.10. The monoisotopic (exact) mass is 222 g/mol. The Bertz CT molecular complexity index is 293. The summed E-state index contributed by atoms with van der Waals surface area (Å²) in [5, 5.41) is 8.61. The van der Waals surface area contributed by atoms with Crippen LogP contribution in [0.15, 0.2) is 12.7 Å². The maximum atomic E-state index is 11.1. The summed E-state index contributed by atoms with van der Waals surface area (Å²) in [6, 6.07) is 0. The van der Waals surface area contributed by atoms with Crippen molar-refractivity contribution in [2.45, 2.75) is 12.8 Å². The highest BCUT2D eigenvalue weighted by Crippen LogP contribution is 2.11. The molecule has 14 heavy (non-hydrogen) atoms. The molecular formula is C8H14O5S. The van der Waals surface area contributed by atoms with Crippen LogP contribution in [0, 0.1) is 5.92 Å². The van der Waals surface area contributed by atoms with Crippen molar-refractivity contribution in [3.05, 3.63) is 12.7 Å². The number of ketones is 1. The normalized spacial score (nSPS) is 13.6. The zero-order chi connectivity index (χ0) is 11.2. The van der Waals surface area contributed by atoms with E-state index in [1.54, 1.807) is 0 Å². The molecule has 0 heterocycles. The number of allylic oxidation sites excluding steroid dienone is 1. The molecule has 1 unspecified atom stereocenters. The SMILES string of the molecule is C=CC(=O)C(CCO)CCS(=O)(=O)O. The van der Waals surface area contributed by atoms with E-state index < -0.39 is 21.8 Å². The third kappa shape index (κ3) is 5.85. The smallest absolute Gasteiger partial charge is 0.264 e. The third-order valence-corrected chi connectivity index (χ3v) is 2.56. The molecule has 0 aliphatic rings. The molecule has 5 nitrogen and oxygen atoms in total. The summed E-state index contributed by atoms with van der Waals surface area (Å²) in [5.41, 5.74) is 0. The van der Waals surface area contributed by atoms with Crippen molar-refractivity contribution in [3.8, 4) is 0 Å². The van der Waals surface area contributed by atoms with Gasteiger partial charge in [-0.25, -0.2) is 0 Å². The maximum Gasteiger partial charge on any atom is 0.264 e. The molecule has 0 aromatic carbocycles. The minimum absolute atomic E-state index is 0.00421. The third-order valence-electron chi connectivity index (χ3n) is 1.81. The predicted molar refractivity (Wildman–Crippen MR) is 51.4 cm³/mol. The van der Waals surface area contributed by atoms with Crippen molar-refractivity contribution in [2.24, 2.45) is 5.92 Å². The Labute approximate surface area is 83.2 Å². The standard InChI is InChI=1S/C8H14O5S/c1-2-8(10)7(3-5-9)4-6-14(11,12)13/h2,7,9H,1,3-6H2,(H,11,12,13). The predicted octanol–water partition coefficient (Wildman–Crippen LogP) is 0.0180. The summed E-state index contributed by atoms with van der Waals surface area (Å²) in [6.07, 6.45) is 1.27. The lowest BCUT2D eigenvalue weighted by molar-refractivity contribution is -0.118. The van der Waals surface area contributed by atoms with E-state index in [9.17, 15) is 13.2 Å². The second kappa shape index (κ2) is 5.90. The Morgan fingerprint density at radius 1 is 1.43 bits per heavy atom. The molecule has 6 heteroatoms. The van der Waals surface area contributed by atoms with E-state index in [0.29, 0.717) is 0 Å². The summed E-state index contributed by atoms with van der Waals surface area (Å²) >= 11 is 0. The first-order valence-electron chi connectivity index (χ1n) is 4.13. The van der Waals surface area contributed by atoms with Gasteiger partial charge in [-0.3, -0.25) is 9.35 Å². The Balaban J connectivity index is 4.24. The highest BCUT2D eigenvalue weighted by Gasteiger charge is 2.17. The fourth-order valence-corrected chi connectivity index (χ4v) is 1.62. The van der Waals surface area contributed by atoms with Crippen LogP contribution in [0.5, 0.6) is 0 Å². The van der Waals surface area contributed by atoms with Crippen molar-refractivity contribution in [3.63, 3.8) is 0 Å². The zero-order valence-electron chi connectivity index (χ0n) is 7.72. The van der Waals surface area contributed by atoms with Crippen LogP contribution < -0.4 is 0 Å². The molecule has 0 aliphatic carbocycles. The van der Waals surface area contributed by atoms with Crippen molar-refractivity contribution in [2.75, 3.05) is 12.4 Å². The molecule has 0 saturated carbocycles. The average molecular weight is 222 g/mol. The van der Waals surface area contributed by atoms with Gasteiger partial charge in [-0.05, 0) is 18.9 Å². The fourth-order valence-electron chi connectivity index (χ4n) is 1.04. The van der Waals surface area contributed by atoms with Crippen LogP contribution in [0.3, 0.4) is 0 Å². The molecule has 0 bridgehead atoms. The van der Waals surface area contributed by atoms with Gasteiger partial charge >= 0.3 is 0 Å². The number of carbonyl (C=O) groups is 1. The number of aliphatic hydroxyl groups excluding tert-OH is 1. The summed E-state index contributed by atoms with van der Waals surface area (Å²) in [6.45, 7) is 3.07. The van der Waals surface area contributed by atoms with Crippen LogP contribution >= 0.6 is 0 Å². The highest BCUT2D eigenvalue weighted by atomic mass is 32.2. The lowest BCUT2D eigenvalue weighted by atomic mass is 9.98. The van der Waals surface area contributed by atoms with Crippen LogP contribution in [0.25, 0.3) is 0 Å². The molecule has 0 aromatic heterocycles. The quantitative estimate of drug-likeness (QED) is 0.468. The largest absolute Gasteiger partial charge is 0.396 e. The van der Waals surface area contributed by atoms with Gasteiger partial charge < -0.3 is 5.11 Å². The van der Waals surface area contributed by atoms with E-state index in [2.05, 4.69) is 6.58 Å². The molecule has 0 spiro atoms. The second-order valence-corrected chi connectivity index (χ2v) is 4.46. The van der Waals surface area contributed by atoms with E-state index >= 15 is 0 Å². The van der Waals surface area contributed by atoms with Crippen LogP contribution in [0.1, 0.15) is 12.8 Å². The summed E-state index contributed by atoms with van der Waals surface area (Å²) in [4.78, 5) is 11.1. The van der Waals surface area contributed by atoms with Gasteiger partial charge in [0.1, 0.15) is 0 Å². The molecule has 1 atom stereocenters. The number of hydrogen-bond acceptors (Lipinski definition) is 4. The van der Waals surface area contributed by atoms with Gasteiger partial charge in [0.15, 0.2) is 5.78 Å². The van der Waals surface area contributed by atoms with Crippen LogP contribution in [-0.4, -0.2) is 36.2 Å². The minimum atomic E-state index is -4.05. The fraction of sp³-hybridized carbons (Fsp3) is 0.625. The number of carbonyl (C=O) groups excluding carboxylic acids is 1. The van der Waals surface area contributed by atoms with Crippen molar-refractivity contribution >= 4 is 15.9 Å². The molecule has 0 rings (SSSR count). The summed E-state index contributed by atoms with van der Waals surface area (Å²) in [7, 11) is -4.05. The van der Waals surface area contributed by atoms with Crippen molar-refractivity contribution < 1.29 is 22.9 Å². The van der Waals surface area contributed by atoms with E-state index in [-0.39, 0.29) is 25.2 Å². The topological polar surface area (TPSA) is 91.7 Å². The maximum absolute atomic E-state index is 11.1. The highest BCUT2D eigenvalue weighted by molar-refractivity contribution is 7.85.